The van der Waals surface area contributed by atoms with E-state index in [2.05, 4.69) is 5.32 Å². The summed E-state index contributed by atoms with van der Waals surface area (Å²) in [6.07, 6.45) is 1.46. The predicted molar refractivity (Wildman–Crippen MR) is 121 cm³/mol. The van der Waals surface area contributed by atoms with E-state index in [0.717, 1.165) is 24.1 Å². The van der Waals surface area contributed by atoms with Gasteiger partial charge in [0.25, 0.3) is 5.69 Å². The first kappa shape index (κ1) is 21.2. The third-order valence-corrected chi connectivity index (χ3v) is 5.61. The molecule has 1 fully saturated rings. The van der Waals surface area contributed by atoms with Crippen LogP contribution in [0.3, 0.4) is 0 Å². The largest absolute Gasteiger partial charge is 0.375 e. The Morgan fingerprint density at radius 2 is 1.69 bits per heavy atom. The van der Waals surface area contributed by atoms with Crippen LogP contribution in [0.25, 0.3) is 0 Å². The average molecular weight is 429 g/mol. The van der Waals surface area contributed by atoms with Gasteiger partial charge in [-0.05, 0) is 29.7 Å². The van der Waals surface area contributed by atoms with Crippen molar-refractivity contribution in [2.75, 3.05) is 11.9 Å². The van der Waals surface area contributed by atoms with Gasteiger partial charge in [-0.25, -0.2) is 0 Å². The van der Waals surface area contributed by atoms with Gasteiger partial charge in [-0.15, -0.1) is 0 Å². The van der Waals surface area contributed by atoms with Gasteiger partial charge in [0, 0.05) is 43.2 Å². The molecule has 1 saturated heterocycles. The maximum absolute atomic E-state index is 12.7. The molecule has 1 amide bonds. The second-order valence-corrected chi connectivity index (χ2v) is 7.73. The van der Waals surface area contributed by atoms with E-state index in [1.54, 1.807) is 36.4 Å². The highest BCUT2D eigenvalue weighted by Gasteiger charge is 2.22. The molecule has 0 unspecified atom stereocenters. The summed E-state index contributed by atoms with van der Waals surface area (Å²) in [7, 11) is 0. The van der Waals surface area contributed by atoms with Gasteiger partial charge in [0.2, 0.25) is 5.91 Å². The van der Waals surface area contributed by atoms with Crippen molar-refractivity contribution < 1.29 is 14.5 Å². The zero-order chi connectivity index (χ0) is 22.5. The van der Waals surface area contributed by atoms with Crippen molar-refractivity contribution in [2.45, 2.75) is 25.9 Å². The van der Waals surface area contributed by atoms with Gasteiger partial charge >= 0.3 is 0 Å². The lowest BCUT2D eigenvalue weighted by molar-refractivity contribution is -0.384. The van der Waals surface area contributed by atoms with Crippen LogP contribution in [0.1, 0.15) is 39.9 Å². The van der Waals surface area contributed by atoms with Crippen molar-refractivity contribution >= 4 is 23.1 Å². The number of carbonyl (C=O) groups excluding carboxylic acids is 2. The predicted octanol–water partition coefficient (Wildman–Crippen LogP) is 4.56. The standard InChI is InChI=1S/C25H23N3O4/c29-24-11-6-14-27(24)17-21-10-5-4-9-20(21)16-26-22-13-12-19(15-23(22)28(31)32)25(30)18-7-2-1-3-8-18/h1-5,7-10,12-13,15,26H,6,11,14,16-17H2. The summed E-state index contributed by atoms with van der Waals surface area (Å²) in [6, 6.07) is 20.9. The van der Waals surface area contributed by atoms with Gasteiger partial charge in [-0.2, -0.15) is 0 Å². The number of nitro groups is 1. The molecule has 0 bridgehead atoms. The smallest absolute Gasteiger partial charge is 0.293 e. The van der Waals surface area contributed by atoms with Crippen LogP contribution in [0.15, 0.2) is 72.8 Å². The molecular weight excluding hydrogens is 406 g/mol. The van der Waals surface area contributed by atoms with Crippen molar-refractivity contribution in [3.8, 4) is 0 Å². The molecule has 0 atom stereocenters. The van der Waals surface area contributed by atoms with Crippen LogP contribution in [-0.2, 0) is 17.9 Å². The molecule has 0 aliphatic carbocycles. The second kappa shape index (κ2) is 9.43. The lowest BCUT2D eigenvalue weighted by Crippen LogP contribution is -2.24. The Hall–Kier alpha value is -4.00. The number of benzene rings is 3. The highest BCUT2D eigenvalue weighted by molar-refractivity contribution is 6.09. The first-order chi connectivity index (χ1) is 15.5. The van der Waals surface area contributed by atoms with E-state index in [0.29, 0.717) is 30.8 Å². The number of nitrogens with one attached hydrogen (secondary N) is 1. The Bertz CT molecular complexity index is 1160. The molecule has 162 valence electrons. The molecular formula is C25H23N3O4. The number of amides is 1. The molecule has 7 nitrogen and oxygen atoms in total. The van der Waals surface area contributed by atoms with Crippen LogP contribution in [0.2, 0.25) is 0 Å². The fraction of sp³-hybridized carbons (Fsp3) is 0.200. The van der Waals surface area contributed by atoms with E-state index in [1.165, 1.54) is 6.07 Å². The number of nitrogens with zero attached hydrogens (tertiary/aromatic N) is 2. The van der Waals surface area contributed by atoms with E-state index in [9.17, 15) is 19.7 Å². The van der Waals surface area contributed by atoms with Crippen LogP contribution >= 0.6 is 0 Å². The molecule has 1 aliphatic rings. The van der Waals surface area contributed by atoms with Gasteiger partial charge in [0.15, 0.2) is 5.78 Å². The maximum atomic E-state index is 12.7. The SMILES string of the molecule is O=C(c1ccccc1)c1ccc(NCc2ccccc2CN2CCCC2=O)c([N+](=O)[O-])c1. The average Bonchev–Trinajstić information content (AvgIpc) is 3.22. The van der Waals surface area contributed by atoms with E-state index >= 15 is 0 Å². The van der Waals surface area contributed by atoms with Gasteiger partial charge in [0.05, 0.1) is 4.92 Å². The van der Waals surface area contributed by atoms with E-state index in [-0.39, 0.29) is 22.9 Å². The number of nitro benzene ring substituents is 1. The third-order valence-electron chi connectivity index (χ3n) is 5.61. The van der Waals surface area contributed by atoms with Crippen molar-refractivity contribution in [1.29, 1.82) is 0 Å². The van der Waals surface area contributed by atoms with Gasteiger partial charge in [0.1, 0.15) is 5.69 Å². The molecule has 1 N–H and O–H groups in total. The normalized spacial score (nSPS) is 13.2. The summed E-state index contributed by atoms with van der Waals surface area (Å²) < 4.78 is 0. The summed E-state index contributed by atoms with van der Waals surface area (Å²) in [5.74, 6) is -0.108. The first-order valence-electron chi connectivity index (χ1n) is 10.5. The molecule has 7 heteroatoms. The molecule has 1 heterocycles. The van der Waals surface area contributed by atoms with Crippen LogP contribution in [0.4, 0.5) is 11.4 Å². The van der Waals surface area contributed by atoms with Crippen LogP contribution in [-0.4, -0.2) is 28.1 Å². The Morgan fingerprint density at radius 1 is 0.969 bits per heavy atom. The monoisotopic (exact) mass is 429 g/mol. The van der Waals surface area contributed by atoms with Crippen molar-refractivity contribution in [3.05, 3.63) is 105 Å². The zero-order valence-electron chi connectivity index (χ0n) is 17.5. The second-order valence-electron chi connectivity index (χ2n) is 7.73. The van der Waals surface area contributed by atoms with Crippen LogP contribution < -0.4 is 5.32 Å². The minimum atomic E-state index is -0.487. The van der Waals surface area contributed by atoms with Crippen LogP contribution in [0.5, 0.6) is 0 Å². The van der Waals surface area contributed by atoms with Gasteiger partial charge in [-0.3, -0.25) is 19.7 Å². The fourth-order valence-electron chi connectivity index (χ4n) is 3.88. The quantitative estimate of drug-likeness (QED) is 0.322. The van der Waals surface area contributed by atoms with Crippen molar-refractivity contribution in [2.24, 2.45) is 0 Å². The summed E-state index contributed by atoms with van der Waals surface area (Å²) in [5.41, 5.74) is 2.90. The summed E-state index contributed by atoms with van der Waals surface area (Å²) >= 11 is 0. The number of ketones is 1. The summed E-state index contributed by atoms with van der Waals surface area (Å²) in [4.78, 5) is 37.7. The third kappa shape index (κ3) is 4.67. The van der Waals surface area contributed by atoms with Gasteiger partial charge < -0.3 is 10.2 Å². The zero-order valence-corrected chi connectivity index (χ0v) is 17.5. The van der Waals surface area contributed by atoms with Gasteiger partial charge in [-0.1, -0.05) is 54.6 Å². The number of anilines is 1. The Labute approximate surface area is 185 Å². The van der Waals surface area contributed by atoms with Crippen molar-refractivity contribution in [3.63, 3.8) is 0 Å². The number of rotatable bonds is 8. The Balaban J connectivity index is 1.53. The molecule has 0 saturated carbocycles. The molecule has 4 rings (SSSR count). The molecule has 0 aromatic heterocycles. The lowest BCUT2D eigenvalue weighted by atomic mass is 10.0. The minimum Gasteiger partial charge on any atom is -0.375 e. The number of likely N-dealkylation sites (tertiary alicyclic amines) is 1. The summed E-state index contributed by atoms with van der Waals surface area (Å²) in [6.45, 7) is 1.65. The van der Waals surface area contributed by atoms with Crippen LogP contribution in [0, 0.1) is 10.1 Å². The van der Waals surface area contributed by atoms with E-state index in [1.807, 2.05) is 35.2 Å². The minimum absolute atomic E-state index is 0.154. The molecule has 32 heavy (non-hydrogen) atoms. The molecule has 3 aromatic carbocycles. The molecule has 0 spiro atoms. The molecule has 0 radical (unpaired) electrons. The first-order valence-corrected chi connectivity index (χ1v) is 10.5. The molecule has 1 aliphatic heterocycles. The number of hydrogen-bond donors (Lipinski definition) is 1. The molecule has 3 aromatic rings. The topological polar surface area (TPSA) is 92.6 Å². The van der Waals surface area contributed by atoms with E-state index < -0.39 is 4.92 Å². The Kier molecular flexibility index (Phi) is 6.26. The van der Waals surface area contributed by atoms with Crippen molar-refractivity contribution in [1.82, 2.24) is 4.90 Å². The highest BCUT2D eigenvalue weighted by atomic mass is 16.6. The number of carbonyl (C=O) groups is 2. The number of hydrogen-bond acceptors (Lipinski definition) is 5. The Morgan fingerprint density at radius 3 is 2.38 bits per heavy atom. The maximum Gasteiger partial charge on any atom is 0.293 e. The lowest BCUT2D eigenvalue weighted by Gasteiger charge is -2.18. The highest BCUT2D eigenvalue weighted by Crippen LogP contribution is 2.28. The summed E-state index contributed by atoms with van der Waals surface area (Å²) in [5, 5.41) is 14.8. The fourth-order valence-corrected chi connectivity index (χ4v) is 3.88. The van der Waals surface area contributed by atoms with E-state index in [4.69, 9.17) is 0 Å².